The van der Waals surface area contributed by atoms with Gasteiger partial charge in [-0.2, -0.15) is 0 Å². The van der Waals surface area contributed by atoms with E-state index < -0.39 is 8.32 Å². The molecule has 0 fully saturated rings. The second-order valence-corrected chi connectivity index (χ2v) is 12.3. The predicted octanol–water partition coefficient (Wildman–Crippen LogP) is 6.49. The molecule has 0 saturated heterocycles. The van der Waals surface area contributed by atoms with Gasteiger partial charge in [-0.15, -0.1) is 0 Å². The topological polar surface area (TPSA) is 9.23 Å². The second-order valence-electron chi connectivity index (χ2n) is 6.92. The first-order chi connectivity index (χ1) is 10.3. The molecule has 0 unspecified atom stereocenters. The van der Waals surface area contributed by atoms with E-state index in [1.165, 1.54) is 5.56 Å². The fraction of sp³-hybridized carbons (Fsp3) is 0.500. The summed E-state index contributed by atoms with van der Waals surface area (Å²) in [7, 11) is -1.89. The summed E-state index contributed by atoms with van der Waals surface area (Å²) in [5.74, 6) is 0.951. The van der Waals surface area contributed by atoms with E-state index in [2.05, 4.69) is 78.5 Å². The van der Waals surface area contributed by atoms with Gasteiger partial charge in [-0.1, -0.05) is 78.5 Å². The van der Waals surface area contributed by atoms with Crippen molar-refractivity contribution in [1.29, 1.82) is 0 Å². The molecule has 22 heavy (non-hydrogen) atoms. The molecule has 2 heteroatoms. The summed E-state index contributed by atoms with van der Waals surface area (Å²) in [5.41, 5.74) is 3.03. The minimum atomic E-state index is -1.89. The van der Waals surface area contributed by atoms with Gasteiger partial charge in [0.15, 0.2) is 0 Å². The standard InChI is InChI=1S/C20H32OSi/c1-8-20(15-14-19-12-10-9-11-13-19)21-22(16(2)3,17(4)5)18(6)7/h8-13,15-18H,1,14H2,2-7H3/b20-15-. The van der Waals surface area contributed by atoms with Crippen LogP contribution in [0.3, 0.4) is 0 Å². The van der Waals surface area contributed by atoms with Gasteiger partial charge in [-0.05, 0) is 40.8 Å². The van der Waals surface area contributed by atoms with Crippen LogP contribution >= 0.6 is 0 Å². The summed E-state index contributed by atoms with van der Waals surface area (Å²) < 4.78 is 6.68. The van der Waals surface area contributed by atoms with Crippen LogP contribution in [0.5, 0.6) is 0 Å². The van der Waals surface area contributed by atoms with Crippen LogP contribution in [-0.4, -0.2) is 8.32 Å². The number of allylic oxidation sites excluding steroid dienone is 2. The highest BCUT2D eigenvalue weighted by atomic mass is 28.4. The van der Waals surface area contributed by atoms with Crippen molar-refractivity contribution in [2.45, 2.75) is 64.6 Å². The van der Waals surface area contributed by atoms with Gasteiger partial charge in [0, 0.05) is 0 Å². The van der Waals surface area contributed by atoms with E-state index in [0.717, 1.165) is 12.2 Å². The molecule has 122 valence electrons. The first kappa shape index (κ1) is 18.8. The summed E-state index contributed by atoms with van der Waals surface area (Å²) in [6, 6.07) is 10.5. The molecule has 0 bridgehead atoms. The number of benzene rings is 1. The molecule has 1 nitrogen and oxygen atoms in total. The average Bonchev–Trinajstić information content (AvgIpc) is 2.47. The van der Waals surface area contributed by atoms with Crippen molar-refractivity contribution in [3.63, 3.8) is 0 Å². The van der Waals surface area contributed by atoms with Crippen LogP contribution in [0, 0.1) is 0 Å². The second kappa shape index (κ2) is 8.38. The van der Waals surface area contributed by atoms with E-state index >= 15 is 0 Å². The van der Waals surface area contributed by atoms with Gasteiger partial charge in [-0.25, -0.2) is 0 Å². The third-order valence-corrected chi connectivity index (χ3v) is 10.6. The minimum Gasteiger partial charge on any atom is -0.543 e. The zero-order valence-electron chi connectivity index (χ0n) is 15.1. The summed E-state index contributed by atoms with van der Waals surface area (Å²) >= 11 is 0. The highest BCUT2D eigenvalue weighted by molar-refractivity contribution is 6.77. The third kappa shape index (κ3) is 4.36. The van der Waals surface area contributed by atoms with Crippen LogP contribution in [0.2, 0.25) is 16.6 Å². The average molecular weight is 317 g/mol. The van der Waals surface area contributed by atoms with Crippen LogP contribution in [0.1, 0.15) is 47.1 Å². The molecule has 0 aliphatic carbocycles. The molecule has 0 radical (unpaired) electrons. The molecule has 0 amide bonds. The third-order valence-electron chi connectivity index (χ3n) is 4.58. The first-order valence-electron chi connectivity index (χ1n) is 8.40. The van der Waals surface area contributed by atoms with Crippen LogP contribution in [0.15, 0.2) is 54.8 Å². The quantitative estimate of drug-likeness (QED) is 0.302. The normalized spacial score (nSPS) is 13.0. The lowest BCUT2D eigenvalue weighted by Crippen LogP contribution is -2.47. The van der Waals surface area contributed by atoms with Crippen LogP contribution < -0.4 is 0 Å². The van der Waals surface area contributed by atoms with E-state index in [1.807, 2.05) is 12.1 Å². The van der Waals surface area contributed by atoms with Crippen LogP contribution in [-0.2, 0) is 10.8 Å². The molecule has 1 aromatic rings. The lowest BCUT2D eigenvalue weighted by molar-refractivity contribution is 0.385. The first-order valence-corrected chi connectivity index (χ1v) is 10.5. The number of rotatable bonds is 8. The fourth-order valence-electron chi connectivity index (χ4n) is 3.56. The largest absolute Gasteiger partial charge is 0.543 e. The Labute approximate surface area is 138 Å². The Hall–Kier alpha value is -1.28. The molecular weight excluding hydrogens is 284 g/mol. The molecule has 0 saturated carbocycles. The molecule has 0 aliphatic rings. The zero-order valence-corrected chi connectivity index (χ0v) is 16.1. The van der Waals surface area contributed by atoms with E-state index in [4.69, 9.17) is 4.43 Å². The molecule has 1 aromatic carbocycles. The Bertz CT molecular complexity index is 464. The lowest BCUT2D eigenvalue weighted by Gasteiger charge is -2.42. The van der Waals surface area contributed by atoms with Gasteiger partial charge in [0.2, 0.25) is 0 Å². The summed E-state index contributed by atoms with van der Waals surface area (Å²) in [6.45, 7) is 17.8. The molecule has 0 atom stereocenters. The number of hydrogen-bond acceptors (Lipinski definition) is 1. The predicted molar refractivity (Wildman–Crippen MR) is 101 cm³/mol. The minimum absolute atomic E-state index is 0.576. The fourth-order valence-corrected chi connectivity index (χ4v) is 8.84. The molecule has 0 spiro atoms. The molecule has 0 aromatic heterocycles. The van der Waals surface area contributed by atoms with Gasteiger partial charge < -0.3 is 4.43 Å². The Morgan fingerprint density at radius 1 is 1.00 bits per heavy atom. The highest BCUT2D eigenvalue weighted by Crippen LogP contribution is 2.43. The summed E-state index contributed by atoms with van der Waals surface area (Å²) in [5, 5.41) is 0. The highest BCUT2D eigenvalue weighted by Gasteiger charge is 2.47. The van der Waals surface area contributed by atoms with E-state index in [9.17, 15) is 0 Å². The molecule has 0 heterocycles. The SMILES string of the molecule is C=C/C(=C/Cc1ccccc1)O[Si](C(C)C)(C(C)C)C(C)C. The molecular formula is C20H32OSi. The molecule has 0 N–H and O–H groups in total. The molecule has 1 rings (SSSR count). The Morgan fingerprint density at radius 3 is 1.91 bits per heavy atom. The Balaban J connectivity index is 3.00. The van der Waals surface area contributed by atoms with Crippen molar-refractivity contribution in [3.8, 4) is 0 Å². The Kier molecular flexibility index (Phi) is 7.14. The van der Waals surface area contributed by atoms with Gasteiger partial charge >= 0.3 is 0 Å². The van der Waals surface area contributed by atoms with Gasteiger partial charge in [-0.3, -0.25) is 0 Å². The summed E-state index contributed by atoms with van der Waals surface area (Å²) in [4.78, 5) is 0. The van der Waals surface area contributed by atoms with Crippen molar-refractivity contribution < 1.29 is 4.43 Å². The van der Waals surface area contributed by atoms with E-state index in [0.29, 0.717) is 16.6 Å². The van der Waals surface area contributed by atoms with Gasteiger partial charge in [0.1, 0.15) is 0 Å². The van der Waals surface area contributed by atoms with E-state index in [-0.39, 0.29) is 0 Å². The maximum Gasteiger partial charge on any atom is 0.258 e. The van der Waals surface area contributed by atoms with Crippen molar-refractivity contribution in [2.75, 3.05) is 0 Å². The Morgan fingerprint density at radius 2 is 1.50 bits per heavy atom. The van der Waals surface area contributed by atoms with Crippen LogP contribution in [0.4, 0.5) is 0 Å². The van der Waals surface area contributed by atoms with Crippen molar-refractivity contribution in [3.05, 3.63) is 60.4 Å². The van der Waals surface area contributed by atoms with Gasteiger partial charge in [0.25, 0.3) is 8.32 Å². The zero-order chi connectivity index (χ0) is 16.8. The number of hydrogen-bond donors (Lipinski definition) is 0. The summed E-state index contributed by atoms with van der Waals surface area (Å²) in [6.07, 6.45) is 4.94. The van der Waals surface area contributed by atoms with Crippen molar-refractivity contribution in [1.82, 2.24) is 0 Å². The van der Waals surface area contributed by atoms with Gasteiger partial charge in [0.05, 0.1) is 5.76 Å². The van der Waals surface area contributed by atoms with Crippen molar-refractivity contribution in [2.24, 2.45) is 0 Å². The molecule has 0 aliphatic heterocycles. The lowest BCUT2D eigenvalue weighted by atomic mass is 10.1. The smallest absolute Gasteiger partial charge is 0.258 e. The van der Waals surface area contributed by atoms with E-state index in [1.54, 1.807) is 0 Å². The maximum absolute atomic E-state index is 6.68. The maximum atomic E-state index is 6.68. The van der Waals surface area contributed by atoms with Crippen LogP contribution in [0.25, 0.3) is 0 Å². The monoisotopic (exact) mass is 316 g/mol. The van der Waals surface area contributed by atoms with Crippen molar-refractivity contribution >= 4 is 8.32 Å².